The van der Waals surface area contributed by atoms with Crippen LogP contribution in [-0.4, -0.2) is 26.3 Å². The number of rotatable bonds is 2. The lowest BCUT2D eigenvalue weighted by Crippen LogP contribution is -2.11. The smallest absolute Gasteiger partial charge is 0.276 e. The van der Waals surface area contributed by atoms with E-state index in [1.807, 2.05) is 6.92 Å². The van der Waals surface area contributed by atoms with Crippen molar-refractivity contribution in [1.29, 1.82) is 0 Å². The number of carbonyl (C=O) groups excluding carboxylic acids is 1. The Morgan fingerprint density at radius 2 is 2.43 bits per heavy atom. The molecule has 0 aliphatic carbocycles. The van der Waals surface area contributed by atoms with Crippen molar-refractivity contribution >= 4 is 11.6 Å². The number of H-pyrrole nitrogens is 2. The minimum Gasteiger partial charge on any atom is -0.318 e. The minimum atomic E-state index is -0.254. The molecule has 0 saturated heterocycles. The largest absolute Gasteiger partial charge is 0.318 e. The van der Waals surface area contributed by atoms with Gasteiger partial charge in [0.2, 0.25) is 0 Å². The van der Waals surface area contributed by atoms with Crippen molar-refractivity contribution in [2.75, 3.05) is 5.32 Å². The van der Waals surface area contributed by atoms with Gasteiger partial charge in [0.1, 0.15) is 0 Å². The van der Waals surface area contributed by atoms with Crippen LogP contribution >= 0.6 is 0 Å². The molecule has 0 radical (unpaired) electrons. The molecule has 0 bridgehead atoms. The molecule has 6 heteroatoms. The molecular weight excluding hydrogens is 182 g/mol. The highest BCUT2D eigenvalue weighted by Gasteiger charge is 2.09. The first-order valence-corrected chi connectivity index (χ1v) is 4.08. The number of carbonyl (C=O) groups is 1. The number of hydrogen-bond acceptors (Lipinski definition) is 3. The van der Waals surface area contributed by atoms with E-state index in [0.29, 0.717) is 11.4 Å². The summed E-state index contributed by atoms with van der Waals surface area (Å²) in [7, 11) is 0. The Morgan fingerprint density at radius 3 is 3.00 bits per heavy atom. The lowest BCUT2D eigenvalue weighted by molar-refractivity contribution is 0.102. The number of amides is 1. The van der Waals surface area contributed by atoms with E-state index in [4.69, 9.17) is 0 Å². The summed E-state index contributed by atoms with van der Waals surface area (Å²) in [5, 5.41) is 15.5. The van der Waals surface area contributed by atoms with Gasteiger partial charge in [0.25, 0.3) is 5.91 Å². The van der Waals surface area contributed by atoms with E-state index in [0.717, 1.165) is 5.69 Å². The Labute approximate surface area is 79.7 Å². The number of nitrogens with one attached hydrogen (secondary N) is 3. The number of aromatic nitrogens is 4. The maximum Gasteiger partial charge on any atom is 0.276 e. The van der Waals surface area contributed by atoms with Crippen molar-refractivity contribution in [2.24, 2.45) is 0 Å². The third kappa shape index (κ3) is 1.63. The van der Waals surface area contributed by atoms with Gasteiger partial charge in [-0.15, -0.1) is 0 Å². The zero-order valence-electron chi connectivity index (χ0n) is 7.53. The van der Waals surface area contributed by atoms with Crippen LogP contribution in [0.4, 0.5) is 5.69 Å². The van der Waals surface area contributed by atoms with Gasteiger partial charge in [-0.25, -0.2) is 0 Å². The van der Waals surface area contributed by atoms with Crippen molar-refractivity contribution in [3.63, 3.8) is 0 Å². The Kier molecular flexibility index (Phi) is 2.02. The summed E-state index contributed by atoms with van der Waals surface area (Å²) in [5.74, 6) is -0.254. The van der Waals surface area contributed by atoms with Gasteiger partial charge in [0.15, 0.2) is 5.69 Å². The van der Waals surface area contributed by atoms with Crippen molar-refractivity contribution < 1.29 is 4.79 Å². The average Bonchev–Trinajstić information content (AvgIpc) is 2.75. The van der Waals surface area contributed by atoms with E-state index in [1.54, 1.807) is 12.3 Å². The first-order valence-electron chi connectivity index (χ1n) is 4.08. The van der Waals surface area contributed by atoms with Gasteiger partial charge in [-0.1, -0.05) is 0 Å². The molecular formula is C8H9N5O. The van der Waals surface area contributed by atoms with Crippen LogP contribution in [0.1, 0.15) is 16.2 Å². The molecule has 2 rings (SSSR count). The Balaban J connectivity index is 2.10. The summed E-state index contributed by atoms with van der Waals surface area (Å²) in [6.07, 6.45) is 3.12. The Bertz CT molecular complexity index is 430. The summed E-state index contributed by atoms with van der Waals surface area (Å²) in [6, 6.07) is 1.68. The van der Waals surface area contributed by atoms with E-state index in [9.17, 15) is 4.79 Å². The molecule has 0 unspecified atom stereocenters. The molecule has 0 spiro atoms. The second kappa shape index (κ2) is 3.33. The quantitative estimate of drug-likeness (QED) is 0.652. The van der Waals surface area contributed by atoms with Gasteiger partial charge in [0.05, 0.1) is 11.9 Å². The average molecular weight is 191 g/mol. The lowest BCUT2D eigenvalue weighted by atomic mass is 10.3. The Morgan fingerprint density at radius 1 is 1.57 bits per heavy atom. The van der Waals surface area contributed by atoms with Crippen molar-refractivity contribution in [2.45, 2.75) is 6.92 Å². The van der Waals surface area contributed by atoms with Crippen LogP contribution in [0.5, 0.6) is 0 Å². The van der Waals surface area contributed by atoms with Gasteiger partial charge in [-0.3, -0.25) is 15.0 Å². The number of aromatic amines is 2. The first kappa shape index (κ1) is 8.49. The van der Waals surface area contributed by atoms with Crippen molar-refractivity contribution in [1.82, 2.24) is 20.4 Å². The minimum absolute atomic E-state index is 0.254. The predicted molar refractivity (Wildman–Crippen MR) is 49.9 cm³/mol. The van der Waals surface area contributed by atoms with E-state index in [-0.39, 0.29) is 5.91 Å². The van der Waals surface area contributed by atoms with Gasteiger partial charge in [0, 0.05) is 11.9 Å². The molecule has 2 aromatic heterocycles. The molecule has 2 heterocycles. The maximum absolute atomic E-state index is 11.5. The molecule has 0 atom stereocenters. The van der Waals surface area contributed by atoms with Crippen LogP contribution in [0.25, 0.3) is 0 Å². The maximum atomic E-state index is 11.5. The van der Waals surface area contributed by atoms with Crippen LogP contribution in [0.2, 0.25) is 0 Å². The highest BCUT2D eigenvalue weighted by molar-refractivity contribution is 6.02. The van der Waals surface area contributed by atoms with E-state index in [1.165, 1.54) is 6.20 Å². The molecule has 1 amide bonds. The molecule has 0 fully saturated rings. The standard InChI is InChI=1S/C8H9N5O/c1-5-2-7(13-12-5)8(14)11-6-3-9-10-4-6/h2-4H,1H3,(H,9,10)(H,11,14)(H,12,13). The molecule has 0 aliphatic heterocycles. The van der Waals surface area contributed by atoms with Gasteiger partial charge in [-0.05, 0) is 13.0 Å². The molecule has 2 aromatic rings. The van der Waals surface area contributed by atoms with Crippen molar-refractivity contribution in [3.05, 3.63) is 29.8 Å². The van der Waals surface area contributed by atoms with Crippen LogP contribution in [0, 0.1) is 6.92 Å². The fourth-order valence-corrected chi connectivity index (χ4v) is 1.05. The number of hydrogen-bond donors (Lipinski definition) is 3. The summed E-state index contributed by atoms with van der Waals surface area (Å²) in [4.78, 5) is 11.5. The predicted octanol–water partition coefficient (Wildman–Crippen LogP) is 0.694. The third-order valence-corrected chi connectivity index (χ3v) is 1.69. The van der Waals surface area contributed by atoms with Gasteiger partial charge >= 0.3 is 0 Å². The molecule has 6 nitrogen and oxygen atoms in total. The second-order valence-corrected chi connectivity index (χ2v) is 2.88. The number of anilines is 1. The van der Waals surface area contributed by atoms with E-state index in [2.05, 4.69) is 25.7 Å². The highest BCUT2D eigenvalue weighted by Crippen LogP contribution is 2.05. The summed E-state index contributed by atoms with van der Waals surface area (Å²) in [6.45, 7) is 1.83. The SMILES string of the molecule is Cc1cc(C(=O)Nc2cn[nH]c2)n[nH]1. The monoisotopic (exact) mass is 191 g/mol. The fraction of sp³-hybridized carbons (Fsp3) is 0.125. The highest BCUT2D eigenvalue weighted by atomic mass is 16.1. The first-order chi connectivity index (χ1) is 6.75. The molecule has 3 N–H and O–H groups in total. The Hall–Kier alpha value is -2.11. The van der Waals surface area contributed by atoms with Gasteiger partial charge in [-0.2, -0.15) is 10.2 Å². The second-order valence-electron chi connectivity index (χ2n) is 2.88. The summed E-state index contributed by atoms with van der Waals surface area (Å²) >= 11 is 0. The molecule has 0 aliphatic rings. The van der Waals surface area contributed by atoms with Crippen molar-refractivity contribution in [3.8, 4) is 0 Å². The van der Waals surface area contributed by atoms with Crippen LogP contribution in [0.3, 0.4) is 0 Å². The van der Waals surface area contributed by atoms with E-state index < -0.39 is 0 Å². The zero-order valence-corrected chi connectivity index (χ0v) is 7.53. The number of nitrogens with zero attached hydrogens (tertiary/aromatic N) is 2. The lowest BCUT2D eigenvalue weighted by Gasteiger charge is -1.96. The summed E-state index contributed by atoms with van der Waals surface area (Å²) < 4.78 is 0. The zero-order chi connectivity index (χ0) is 9.97. The molecule has 14 heavy (non-hydrogen) atoms. The fourth-order valence-electron chi connectivity index (χ4n) is 1.05. The van der Waals surface area contributed by atoms with E-state index >= 15 is 0 Å². The molecule has 72 valence electrons. The molecule has 0 saturated carbocycles. The van der Waals surface area contributed by atoms with Crippen LogP contribution < -0.4 is 5.32 Å². The van der Waals surface area contributed by atoms with Crippen LogP contribution in [-0.2, 0) is 0 Å². The van der Waals surface area contributed by atoms with Gasteiger partial charge < -0.3 is 5.32 Å². The topological polar surface area (TPSA) is 86.5 Å². The normalized spacial score (nSPS) is 10.1. The number of aryl methyl sites for hydroxylation is 1. The third-order valence-electron chi connectivity index (χ3n) is 1.69. The van der Waals surface area contributed by atoms with Crippen LogP contribution in [0.15, 0.2) is 18.5 Å². The molecule has 0 aromatic carbocycles. The summed E-state index contributed by atoms with van der Waals surface area (Å²) in [5.41, 5.74) is 1.83.